The lowest BCUT2D eigenvalue weighted by Crippen LogP contribution is -2.40. The van der Waals surface area contributed by atoms with Gasteiger partial charge in [0.25, 0.3) is 11.8 Å². The fourth-order valence-electron chi connectivity index (χ4n) is 3.84. The van der Waals surface area contributed by atoms with E-state index in [1.807, 2.05) is 12.1 Å². The van der Waals surface area contributed by atoms with Gasteiger partial charge in [-0.3, -0.25) is 9.59 Å². The summed E-state index contributed by atoms with van der Waals surface area (Å²) in [6.07, 6.45) is 2.23. The molecule has 2 aliphatic rings. The maximum Gasteiger partial charge on any atom is 0.307 e. The fourth-order valence-corrected chi connectivity index (χ4v) is 3.84. The molecule has 1 aromatic carbocycles. The van der Waals surface area contributed by atoms with E-state index in [0.29, 0.717) is 35.9 Å². The van der Waals surface area contributed by atoms with Gasteiger partial charge in [0.2, 0.25) is 0 Å². The third-order valence-electron chi connectivity index (χ3n) is 5.45. The van der Waals surface area contributed by atoms with Crippen molar-refractivity contribution in [2.45, 2.75) is 26.2 Å². The number of hydrogen-bond acceptors (Lipinski definition) is 5. The summed E-state index contributed by atoms with van der Waals surface area (Å²) < 4.78 is 5.21. The number of carbonyl (C=O) groups excluding carboxylic acids is 1. The molecular formula is C18H19N3O4. The molecule has 1 aliphatic heterocycles. The number of carbonyl (C=O) groups is 2. The van der Waals surface area contributed by atoms with Crippen molar-refractivity contribution in [2.24, 2.45) is 11.3 Å². The Balaban J connectivity index is 1.52. The Bertz CT molecular complexity index is 836. The van der Waals surface area contributed by atoms with Crippen LogP contribution < -0.4 is 0 Å². The van der Waals surface area contributed by atoms with E-state index in [2.05, 4.69) is 10.1 Å². The zero-order valence-corrected chi connectivity index (χ0v) is 13.9. The van der Waals surface area contributed by atoms with Crippen LogP contribution in [0.4, 0.5) is 0 Å². The van der Waals surface area contributed by atoms with Crippen LogP contribution in [0, 0.1) is 18.3 Å². The Labute approximate surface area is 144 Å². The second-order valence-corrected chi connectivity index (χ2v) is 6.94. The number of likely N-dealkylation sites (tertiary alicyclic amines) is 1. The van der Waals surface area contributed by atoms with Crippen molar-refractivity contribution in [3.05, 3.63) is 35.7 Å². The first-order chi connectivity index (χ1) is 12.0. The SMILES string of the molecule is Cc1noc(-c2ccccc2C(=O)N2CCC3(CC2)CC3C(=O)O)n1. The molecule has 2 aromatic rings. The highest BCUT2D eigenvalue weighted by Crippen LogP contribution is 2.59. The molecule has 1 aliphatic carbocycles. The van der Waals surface area contributed by atoms with Gasteiger partial charge < -0.3 is 14.5 Å². The summed E-state index contributed by atoms with van der Waals surface area (Å²) >= 11 is 0. The topological polar surface area (TPSA) is 96.5 Å². The lowest BCUT2D eigenvalue weighted by Gasteiger charge is -2.33. The molecule has 1 atom stereocenters. The molecule has 4 rings (SSSR count). The maximum absolute atomic E-state index is 13.0. The van der Waals surface area contributed by atoms with Crippen LogP contribution >= 0.6 is 0 Å². The van der Waals surface area contributed by atoms with Crippen molar-refractivity contribution >= 4 is 11.9 Å². The first-order valence-corrected chi connectivity index (χ1v) is 8.42. The number of aryl methyl sites for hydroxylation is 1. The van der Waals surface area contributed by atoms with Crippen molar-refractivity contribution in [1.29, 1.82) is 0 Å². The average molecular weight is 341 g/mol. The predicted octanol–water partition coefficient (Wildman–Crippen LogP) is 2.37. The Kier molecular flexibility index (Phi) is 3.59. The maximum atomic E-state index is 13.0. The second kappa shape index (κ2) is 5.68. The summed E-state index contributed by atoms with van der Waals surface area (Å²) in [5.74, 6) is -0.169. The molecule has 2 heterocycles. The number of carboxylic acid groups (broad SMARTS) is 1. The minimum absolute atomic E-state index is 0.0752. The van der Waals surface area contributed by atoms with Crippen LogP contribution in [0.1, 0.15) is 35.4 Å². The quantitative estimate of drug-likeness (QED) is 0.920. The lowest BCUT2D eigenvalue weighted by atomic mass is 9.90. The number of aromatic nitrogens is 2. The molecule has 7 nitrogen and oxygen atoms in total. The first-order valence-electron chi connectivity index (χ1n) is 8.42. The van der Waals surface area contributed by atoms with Crippen molar-refractivity contribution in [2.75, 3.05) is 13.1 Å². The molecule has 1 amide bonds. The summed E-state index contributed by atoms with van der Waals surface area (Å²) in [5.41, 5.74) is 1.07. The second-order valence-electron chi connectivity index (χ2n) is 6.94. The summed E-state index contributed by atoms with van der Waals surface area (Å²) in [4.78, 5) is 30.2. The largest absolute Gasteiger partial charge is 0.481 e. The van der Waals surface area contributed by atoms with Crippen molar-refractivity contribution in [3.63, 3.8) is 0 Å². The minimum Gasteiger partial charge on any atom is -0.481 e. The summed E-state index contributed by atoms with van der Waals surface area (Å²) in [7, 11) is 0. The minimum atomic E-state index is -0.711. The molecule has 1 N–H and O–H groups in total. The third-order valence-corrected chi connectivity index (χ3v) is 5.45. The normalized spacial score (nSPS) is 21.3. The smallest absolute Gasteiger partial charge is 0.307 e. The highest BCUT2D eigenvalue weighted by molar-refractivity contribution is 6.00. The molecule has 25 heavy (non-hydrogen) atoms. The van der Waals surface area contributed by atoms with Gasteiger partial charge in [0.1, 0.15) is 0 Å². The third kappa shape index (κ3) is 2.69. The number of rotatable bonds is 3. The number of hydrogen-bond donors (Lipinski definition) is 1. The Morgan fingerprint density at radius 3 is 2.60 bits per heavy atom. The molecule has 2 fully saturated rings. The van der Waals surface area contributed by atoms with E-state index in [9.17, 15) is 14.7 Å². The van der Waals surface area contributed by atoms with Crippen LogP contribution in [0.15, 0.2) is 28.8 Å². The molecule has 1 aromatic heterocycles. The van der Waals surface area contributed by atoms with Gasteiger partial charge in [-0.15, -0.1) is 0 Å². The van der Waals surface area contributed by atoms with E-state index >= 15 is 0 Å². The number of carboxylic acids is 1. The molecule has 1 saturated carbocycles. The molecule has 1 unspecified atom stereocenters. The predicted molar refractivity (Wildman–Crippen MR) is 87.8 cm³/mol. The Morgan fingerprint density at radius 1 is 1.28 bits per heavy atom. The number of nitrogens with zero attached hydrogens (tertiary/aromatic N) is 3. The van der Waals surface area contributed by atoms with Crippen LogP contribution in [-0.2, 0) is 4.79 Å². The van der Waals surface area contributed by atoms with E-state index in [1.165, 1.54) is 0 Å². The standard InChI is InChI=1S/C18H19N3O4/c1-11-19-15(25-20-11)12-4-2-3-5-13(12)16(22)21-8-6-18(7-9-21)10-14(18)17(23)24/h2-5,14H,6-10H2,1H3,(H,23,24). The van der Waals surface area contributed by atoms with Crippen molar-refractivity contribution in [1.82, 2.24) is 15.0 Å². The summed E-state index contributed by atoms with van der Waals surface area (Å²) in [6, 6.07) is 7.21. The lowest BCUT2D eigenvalue weighted by molar-refractivity contribution is -0.139. The van der Waals surface area contributed by atoms with E-state index in [-0.39, 0.29) is 17.2 Å². The van der Waals surface area contributed by atoms with Crippen LogP contribution in [-0.4, -0.2) is 45.1 Å². The highest BCUT2D eigenvalue weighted by Gasteiger charge is 2.59. The Hall–Kier alpha value is -2.70. The number of benzene rings is 1. The van der Waals surface area contributed by atoms with Crippen LogP contribution in [0.25, 0.3) is 11.5 Å². The van der Waals surface area contributed by atoms with Gasteiger partial charge in [-0.05, 0) is 43.7 Å². The van der Waals surface area contributed by atoms with Crippen molar-refractivity contribution < 1.29 is 19.2 Å². The van der Waals surface area contributed by atoms with E-state index < -0.39 is 5.97 Å². The zero-order chi connectivity index (χ0) is 17.6. The highest BCUT2D eigenvalue weighted by atomic mass is 16.5. The molecule has 130 valence electrons. The average Bonchev–Trinajstić information content (AvgIpc) is 3.15. The van der Waals surface area contributed by atoms with Crippen molar-refractivity contribution in [3.8, 4) is 11.5 Å². The van der Waals surface area contributed by atoms with Gasteiger partial charge in [0, 0.05) is 13.1 Å². The molecule has 0 radical (unpaired) electrons. The van der Waals surface area contributed by atoms with E-state index in [1.54, 1.807) is 24.0 Å². The molecular weight excluding hydrogens is 322 g/mol. The van der Waals surface area contributed by atoms with Gasteiger partial charge in [-0.2, -0.15) is 4.98 Å². The molecule has 0 bridgehead atoms. The summed E-state index contributed by atoms with van der Waals surface area (Å²) in [5, 5.41) is 13.0. The fraction of sp³-hybridized carbons (Fsp3) is 0.444. The Morgan fingerprint density at radius 2 is 2.00 bits per heavy atom. The van der Waals surface area contributed by atoms with Gasteiger partial charge in [-0.25, -0.2) is 0 Å². The van der Waals surface area contributed by atoms with Gasteiger partial charge >= 0.3 is 5.97 Å². The van der Waals surface area contributed by atoms with Gasteiger partial charge in [0.15, 0.2) is 5.82 Å². The van der Waals surface area contributed by atoms with Gasteiger partial charge in [-0.1, -0.05) is 17.3 Å². The van der Waals surface area contributed by atoms with E-state index in [0.717, 1.165) is 19.3 Å². The van der Waals surface area contributed by atoms with Gasteiger partial charge in [0.05, 0.1) is 17.0 Å². The molecule has 7 heteroatoms. The number of amides is 1. The number of piperidine rings is 1. The molecule has 1 saturated heterocycles. The first kappa shape index (κ1) is 15.8. The van der Waals surface area contributed by atoms with Crippen LogP contribution in [0.5, 0.6) is 0 Å². The van der Waals surface area contributed by atoms with E-state index in [4.69, 9.17) is 4.52 Å². The monoisotopic (exact) mass is 341 g/mol. The van der Waals surface area contributed by atoms with Crippen LogP contribution in [0.2, 0.25) is 0 Å². The molecule has 1 spiro atoms. The zero-order valence-electron chi connectivity index (χ0n) is 13.9. The summed E-state index contributed by atoms with van der Waals surface area (Å²) in [6.45, 7) is 2.90. The number of aliphatic carboxylic acids is 1. The van der Waals surface area contributed by atoms with Crippen LogP contribution in [0.3, 0.4) is 0 Å².